The molecule has 0 unspecified atom stereocenters. The Morgan fingerprint density at radius 1 is 1.32 bits per heavy atom. The summed E-state index contributed by atoms with van der Waals surface area (Å²) >= 11 is 0. The second-order valence-electron chi connectivity index (χ2n) is 4.94. The molecular formula is C17H21N3O2. The van der Waals surface area contributed by atoms with Crippen molar-refractivity contribution in [3.8, 4) is 5.75 Å². The first-order chi connectivity index (χ1) is 10.6. The van der Waals surface area contributed by atoms with Crippen molar-refractivity contribution in [2.45, 2.75) is 20.0 Å². The number of methoxy groups -OCH3 is 1. The number of carbonyl (C=O) groups excluding carboxylic acids is 1. The summed E-state index contributed by atoms with van der Waals surface area (Å²) < 4.78 is 6.99. The Morgan fingerprint density at radius 3 is 2.68 bits per heavy atom. The Balaban J connectivity index is 1.96. The quantitative estimate of drug-likeness (QED) is 0.770. The van der Waals surface area contributed by atoms with Crippen LogP contribution in [-0.2, 0) is 17.9 Å². The lowest BCUT2D eigenvalue weighted by Gasteiger charge is -2.15. The minimum absolute atomic E-state index is 0.0420. The summed E-state index contributed by atoms with van der Waals surface area (Å²) in [6.45, 7) is 3.37. The molecule has 1 heterocycles. The van der Waals surface area contributed by atoms with Crippen molar-refractivity contribution >= 4 is 12.0 Å². The summed E-state index contributed by atoms with van der Waals surface area (Å²) in [5, 5.41) is 4.21. The Kier molecular flexibility index (Phi) is 5.36. The third-order valence-corrected chi connectivity index (χ3v) is 3.41. The van der Waals surface area contributed by atoms with Crippen LogP contribution in [0, 0.1) is 0 Å². The zero-order chi connectivity index (χ0) is 15.9. The molecule has 0 atom stereocenters. The minimum Gasteiger partial charge on any atom is -0.497 e. The standard InChI is InChI=1S/C17H21N3O2/c1-4-20-15(11-12-18-20)13-19(2)17(21)10-7-14-5-8-16(22-3)9-6-14/h5-12H,4,13H2,1-3H3/b10-7+. The lowest BCUT2D eigenvalue weighted by Crippen LogP contribution is -2.25. The predicted octanol–water partition coefficient (Wildman–Crippen LogP) is 2.58. The van der Waals surface area contributed by atoms with Gasteiger partial charge in [0.15, 0.2) is 0 Å². The normalized spacial score (nSPS) is 10.9. The van der Waals surface area contributed by atoms with Crippen molar-refractivity contribution in [2.75, 3.05) is 14.2 Å². The summed E-state index contributed by atoms with van der Waals surface area (Å²) in [5.74, 6) is 0.757. The van der Waals surface area contributed by atoms with Gasteiger partial charge in [-0.25, -0.2) is 0 Å². The number of amides is 1. The molecule has 0 N–H and O–H groups in total. The monoisotopic (exact) mass is 299 g/mol. The van der Waals surface area contributed by atoms with Gasteiger partial charge in [-0.1, -0.05) is 12.1 Å². The van der Waals surface area contributed by atoms with Crippen LogP contribution in [0.1, 0.15) is 18.2 Å². The fourth-order valence-electron chi connectivity index (χ4n) is 2.11. The molecule has 0 fully saturated rings. The number of benzene rings is 1. The van der Waals surface area contributed by atoms with E-state index in [-0.39, 0.29) is 5.91 Å². The average Bonchev–Trinajstić information content (AvgIpc) is 3.00. The molecule has 22 heavy (non-hydrogen) atoms. The van der Waals surface area contributed by atoms with Gasteiger partial charge in [-0.05, 0) is 36.8 Å². The summed E-state index contributed by atoms with van der Waals surface area (Å²) in [5.41, 5.74) is 1.98. The fourth-order valence-corrected chi connectivity index (χ4v) is 2.11. The van der Waals surface area contributed by atoms with Crippen LogP contribution in [-0.4, -0.2) is 34.7 Å². The van der Waals surface area contributed by atoms with Crippen LogP contribution in [0.25, 0.3) is 6.08 Å². The first kappa shape index (κ1) is 15.8. The molecule has 2 aromatic rings. The number of nitrogens with zero attached hydrogens (tertiary/aromatic N) is 3. The molecule has 5 heteroatoms. The molecule has 2 rings (SSSR count). The maximum Gasteiger partial charge on any atom is 0.246 e. The minimum atomic E-state index is -0.0420. The van der Waals surface area contributed by atoms with Crippen molar-refractivity contribution in [2.24, 2.45) is 0 Å². The number of aromatic nitrogens is 2. The van der Waals surface area contributed by atoms with Crippen LogP contribution >= 0.6 is 0 Å². The molecule has 5 nitrogen and oxygen atoms in total. The van der Waals surface area contributed by atoms with E-state index in [0.29, 0.717) is 6.54 Å². The molecule has 0 aliphatic carbocycles. The molecule has 1 aromatic carbocycles. The number of hydrogen-bond acceptors (Lipinski definition) is 3. The first-order valence-electron chi connectivity index (χ1n) is 7.22. The van der Waals surface area contributed by atoms with Gasteiger partial charge < -0.3 is 9.64 Å². The highest BCUT2D eigenvalue weighted by molar-refractivity contribution is 5.91. The van der Waals surface area contributed by atoms with Crippen LogP contribution in [0.4, 0.5) is 0 Å². The second kappa shape index (κ2) is 7.45. The van der Waals surface area contributed by atoms with E-state index >= 15 is 0 Å². The number of likely N-dealkylation sites (N-methyl/N-ethyl adjacent to an activating group) is 1. The first-order valence-corrected chi connectivity index (χ1v) is 7.22. The maximum absolute atomic E-state index is 12.2. The summed E-state index contributed by atoms with van der Waals surface area (Å²) in [4.78, 5) is 13.8. The number of hydrogen-bond donors (Lipinski definition) is 0. The van der Waals surface area contributed by atoms with Gasteiger partial charge in [0.25, 0.3) is 0 Å². The lowest BCUT2D eigenvalue weighted by atomic mass is 10.2. The average molecular weight is 299 g/mol. The van der Waals surface area contributed by atoms with Crippen LogP contribution in [0.2, 0.25) is 0 Å². The third kappa shape index (κ3) is 3.97. The Labute approximate surface area is 130 Å². The van der Waals surface area contributed by atoms with Crippen molar-refractivity contribution in [3.63, 3.8) is 0 Å². The van der Waals surface area contributed by atoms with Crippen LogP contribution in [0.5, 0.6) is 5.75 Å². The summed E-state index contributed by atoms with van der Waals surface area (Å²) in [6, 6.07) is 9.49. The Hall–Kier alpha value is -2.56. The van der Waals surface area contributed by atoms with Gasteiger partial charge in [0.1, 0.15) is 5.75 Å². The summed E-state index contributed by atoms with van der Waals surface area (Å²) in [6.07, 6.45) is 5.13. The van der Waals surface area contributed by atoms with Gasteiger partial charge in [-0.15, -0.1) is 0 Å². The third-order valence-electron chi connectivity index (χ3n) is 3.41. The molecular weight excluding hydrogens is 278 g/mol. The van der Waals surface area contributed by atoms with Gasteiger partial charge in [-0.2, -0.15) is 5.10 Å². The highest BCUT2D eigenvalue weighted by Crippen LogP contribution is 2.12. The van der Waals surface area contributed by atoms with Crippen molar-refractivity contribution in [3.05, 3.63) is 53.9 Å². The SMILES string of the molecule is CCn1nccc1CN(C)C(=O)/C=C/c1ccc(OC)cc1. The zero-order valence-electron chi connectivity index (χ0n) is 13.2. The summed E-state index contributed by atoms with van der Waals surface area (Å²) in [7, 11) is 3.41. The van der Waals surface area contributed by atoms with Gasteiger partial charge in [0.2, 0.25) is 5.91 Å². The van der Waals surface area contributed by atoms with E-state index < -0.39 is 0 Å². The Bertz CT molecular complexity index is 644. The molecule has 0 aliphatic rings. The zero-order valence-corrected chi connectivity index (χ0v) is 13.2. The van der Waals surface area contributed by atoms with Crippen molar-refractivity contribution in [1.82, 2.24) is 14.7 Å². The van der Waals surface area contributed by atoms with Crippen molar-refractivity contribution < 1.29 is 9.53 Å². The number of rotatable bonds is 6. The number of aryl methyl sites for hydroxylation is 1. The number of ether oxygens (including phenoxy) is 1. The Morgan fingerprint density at radius 2 is 2.05 bits per heavy atom. The van der Waals surface area contributed by atoms with Crippen LogP contribution in [0.15, 0.2) is 42.6 Å². The molecule has 0 bridgehead atoms. The molecule has 1 aromatic heterocycles. The van der Waals surface area contributed by atoms with Gasteiger partial charge in [0.05, 0.1) is 19.3 Å². The van der Waals surface area contributed by atoms with Crippen LogP contribution in [0.3, 0.4) is 0 Å². The van der Waals surface area contributed by atoms with E-state index in [4.69, 9.17) is 4.74 Å². The van der Waals surface area contributed by atoms with E-state index in [1.165, 1.54) is 0 Å². The predicted molar refractivity (Wildman–Crippen MR) is 86.4 cm³/mol. The van der Waals surface area contributed by atoms with Gasteiger partial charge in [0, 0.05) is 25.9 Å². The van der Waals surface area contributed by atoms with Gasteiger partial charge >= 0.3 is 0 Å². The largest absolute Gasteiger partial charge is 0.497 e. The van der Waals surface area contributed by atoms with E-state index in [0.717, 1.165) is 23.6 Å². The molecule has 0 aliphatic heterocycles. The maximum atomic E-state index is 12.2. The lowest BCUT2D eigenvalue weighted by molar-refractivity contribution is -0.125. The smallest absolute Gasteiger partial charge is 0.246 e. The molecule has 0 saturated carbocycles. The number of carbonyl (C=O) groups is 1. The van der Waals surface area contributed by atoms with Gasteiger partial charge in [-0.3, -0.25) is 9.48 Å². The van der Waals surface area contributed by atoms with Crippen molar-refractivity contribution in [1.29, 1.82) is 0 Å². The van der Waals surface area contributed by atoms with E-state index in [9.17, 15) is 4.79 Å². The van der Waals surface area contributed by atoms with E-state index in [1.54, 1.807) is 37.4 Å². The molecule has 116 valence electrons. The molecule has 0 saturated heterocycles. The molecule has 0 radical (unpaired) electrons. The fraction of sp³-hybridized carbons (Fsp3) is 0.294. The highest BCUT2D eigenvalue weighted by Gasteiger charge is 2.08. The topological polar surface area (TPSA) is 47.4 Å². The second-order valence-corrected chi connectivity index (χ2v) is 4.94. The highest BCUT2D eigenvalue weighted by atomic mass is 16.5. The van der Waals surface area contributed by atoms with E-state index in [2.05, 4.69) is 5.10 Å². The van der Waals surface area contributed by atoms with Crippen LogP contribution < -0.4 is 4.74 Å². The molecule has 1 amide bonds. The van der Waals surface area contributed by atoms with E-state index in [1.807, 2.05) is 41.9 Å². The molecule has 0 spiro atoms.